The van der Waals surface area contributed by atoms with Crippen molar-refractivity contribution < 1.29 is 27.5 Å². The van der Waals surface area contributed by atoms with Crippen molar-refractivity contribution in [1.82, 2.24) is 10.6 Å². The van der Waals surface area contributed by atoms with Gasteiger partial charge in [0.2, 0.25) is 11.8 Å². The van der Waals surface area contributed by atoms with Crippen LogP contribution in [0.15, 0.2) is 41.8 Å². The summed E-state index contributed by atoms with van der Waals surface area (Å²) in [4.78, 5) is 25.2. The largest absolute Gasteiger partial charge is 0.573 e. The molecule has 1 aromatic heterocycles. The molecule has 1 atom stereocenters. The maximum atomic E-state index is 12.5. The lowest BCUT2D eigenvalue weighted by atomic mass is 9.87. The number of nitrogens with one attached hydrogen (secondary N) is 2. The first-order valence-electron chi connectivity index (χ1n) is 9.18. The number of carbonyl (C=O) groups is 2. The molecular formula is C20H21F3N2O3S. The molecule has 1 aromatic carbocycles. The van der Waals surface area contributed by atoms with Crippen LogP contribution in [0.4, 0.5) is 13.2 Å². The monoisotopic (exact) mass is 426 g/mol. The zero-order valence-electron chi connectivity index (χ0n) is 15.6. The third kappa shape index (κ3) is 6.22. The van der Waals surface area contributed by atoms with E-state index < -0.39 is 11.9 Å². The van der Waals surface area contributed by atoms with Crippen LogP contribution in [-0.4, -0.2) is 23.7 Å². The van der Waals surface area contributed by atoms with Gasteiger partial charge in [-0.2, -0.15) is 0 Å². The Labute approximate surface area is 170 Å². The molecular weight excluding hydrogens is 405 g/mol. The molecule has 0 spiro atoms. The van der Waals surface area contributed by atoms with Crippen LogP contribution in [0.25, 0.3) is 0 Å². The van der Waals surface area contributed by atoms with Crippen LogP contribution in [0.1, 0.15) is 36.1 Å². The van der Waals surface area contributed by atoms with Gasteiger partial charge in [0.15, 0.2) is 0 Å². The highest BCUT2D eigenvalue weighted by atomic mass is 32.1. The quantitative estimate of drug-likeness (QED) is 0.672. The van der Waals surface area contributed by atoms with Crippen LogP contribution < -0.4 is 15.4 Å². The van der Waals surface area contributed by atoms with E-state index in [0.717, 1.165) is 4.88 Å². The fourth-order valence-corrected chi connectivity index (χ4v) is 4.29. The molecule has 2 aromatic rings. The van der Waals surface area contributed by atoms with Crippen LogP contribution in [0.2, 0.25) is 0 Å². The predicted molar refractivity (Wildman–Crippen MR) is 102 cm³/mol. The van der Waals surface area contributed by atoms with E-state index >= 15 is 0 Å². The molecule has 1 aliphatic heterocycles. The first-order valence-corrected chi connectivity index (χ1v) is 10.1. The molecule has 9 heteroatoms. The molecule has 1 aliphatic rings. The Balaban J connectivity index is 1.56. The van der Waals surface area contributed by atoms with Crippen LogP contribution in [0, 0.1) is 0 Å². The summed E-state index contributed by atoms with van der Waals surface area (Å²) in [7, 11) is 0. The molecule has 156 valence electrons. The highest BCUT2D eigenvalue weighted by molar-refractivity contribution is 7.09. The Morgan fingerprint density at radius 2 is 2.03 bits per heavy atom. The van der Waals surface area contributed by atoms with Gasteiger partial charge in [-0.05, 0) is 30.4 Å². The van der Waals surface area contributed by atoms with Gasteiger partial charge in [-0.1, -0.05) is 24.3 Å². The number of rotatable bonds is 8. The smallest absolute Gasteiger partial charge is 0.405 e. The van der Waals surface area contributed by atoms with Crippen molar-refractivity contribution in [2.24, 2.45) is 0 Å². The van der Waals surface area contributed by atoms with Gasteiger partial charge in [-0.25, -0.2) is 0 Å². The second-order valence-electron chi connectivity index (χ2n) is 7.02. The summed E-state index contributed by atoms with van der Waals surface area (Å²) in [6.07, 6.45) is -2.44. The van der Waals surface area contributed by atoms with E-state index in [0.29, 0.717) is 25.7 Å². The van der Waals surface area contributed by atoms with Crippen molar-refractivity contribution in [3.63, 3.8) is 0 Å². The van der Waals surface area contributed by atoms with E-state index in [1.165, 1.54) is 18.2 Å². The summed E-state index contributed by atoms with van der Waals surface area (Å²) in [5.74, 6) is -0.656. The Kier molecular flexibility index (Phi) is 6.46. The number of benzene rings is 1. The predicted octanol–water partition coefficient (Wildman–Crippen LogP) is 3.93. The number of ether oxygens (including phenoxy) is 1. The first-order chi connectivity index (χ1) is 13.7. The van der Waals surface area contributed by atoms with Gasteiger partial charge in [-0.3, -0.25) is 9.59 Å². The van der Waals surface area contributed by atoms with Crippen molar-refractivity contribution in [1.29, 1.82) is 0 Å². The van der Waals surface area contributed by atoms with Crippen LogP contribution in [0.5, 0.6) is 5.75 Å². The van der Waals surface area contributed by atoms with Gasteiger partial charge in [0, 0.05) is 41.8 Å². The molecule has 3 rings (SSSR count). The number of hydrogen-bond donors (Lipinski definition) is 2. The fourth-order valence-electron chi connectivity index (χ4n) is 3.44. The highest BCUT2D eigenvalue weighted by Crippen LogP contribution is 2.31. The summed E-state index contributed by atoms with van der Waals surface area (Å²) < 4.78 is 41.5. The summed E-state index contributed by atoms with van der Waals surface area (Å²) >= 11 is 1.60. The van der Waals surface area contributed by atoms with Gasteiger partial charge in [-0.15, -0.1) is 24.5 Å². The van der Waals surface area contributed by atoms with Gasteiger partial charge in [0.1, 0.15) is 5.75 Å². The zero-order valence-corrected chi connectivity index (χ0v) is 16.4. The van der Waals surface area contributed by atoms with Crippen molar-refractivity contribution in [2.75, 3.05) is 0 Å². The molecule has 29 heavy (non-hydrogen) atoms. The normalized spacial score (nSPS) is 19.1. The number of carbonyl (C=O) groups excluding carboxylic acids is 2. The Morgan fingerprint density at radius 1 is 1.24 bits per heavy atom. The van der Waals surface area contributed by atoms with E-state index in [9.17, 15) is 22.8 Å². The number of para-hydroxylation sites is 1. The summed E-state index contributed by atoms with van der Waals surface area (Å²) in [5, 5.41) is 7.62. The molecule has 0 unspecified atom stereocenters. The minimum Gasteiger partial charge on any atom is -0.405 e. The number of hydrogen-bond acceptors (Lipinski definition) is 4. The molecule has 0 bridgehead atoms. The minimum absolute atomic E-state index is 0.0276. The third-order valence-electron chi connectivity index (χ3n) is 4.83. The van der Waals surface area contributed by atoms with E-state index in [2.05, 4.69) is 15.4 Å². The van der Waals surface area contributed by atoms with Crippen LogP contribution in [-0.2, 0) is 22.6 Å². The maximum Gasteiger partial charge on any atom is 0.573 e. The average molecular weight is 426 g/mol. The molecule has 0 saturated carbocycles. The molecule has 1 saturated heterocycles. The molecule has 2 heterocycles. The Bertz CT molecular complexity index is 855. The lowest BCUT2D eigenvalue weighted by Gasteiger charge is -2.28. The van der Waals surface area contributed by atoms with Gasteiger partial charge < -0.3 is 15.4 Å². The Hall–Kier alpha value is -2.55. The summed E-state index contributed by atoms with van der Waals surface area (Å²) in [6, 6.07) is 9.63. The zero-order chi connectivity index (χ0) is 20.9. The first kappa shape index (κ1) is 21.2. The lowest BCUT2D eigenvalue weighted by molar-refractivity contribution is -0.274. The van der Waals surface area contributed by atoms with Crippen LogP contribution >= 0.6 is 11.3 Å². The number of alkyl halides is 3. The van der Waals surface area contributed by atoms with Gasteiger partial charge >= 0.3 is 6.36 Å². The molecule has 1 fully saturated rings. The topological polar surface area (TPSA) is 67.4 Å². The molecule has 5 nitrogen and oxygen atoms in total. The van der Waals surface area contributed by atoms with E-state index in [4.69, 9.17) is 0 Å². The summed E-state index contributed by atoms with van der Waals surface area (Å²) in [5.41, 5.74) is -0.225. The summed E-state index contributed by atoms with van der Waals surface area (Å²) in [6.45, 7) is -0.0740. The Morgan fingerprint density at radius 3 is 2.69 bits per heavy atom. The third-order valence-corrected chi connectivity index (χ3v) is 5.71. The molecule has 2 N–H and O–H groups in total. The van der Waals surface area contributed by atoms with Gasteiger partial charge in [0.05, 0.1) is 0 Å². The van der Waals surface area contributed by atoms with E-state index in [-0.39, 0.29) is 36.1 Å². The molecule has 0 aliphatic carbocycles. The number of amides is 2. The van der Waals surface area contributed by atoms with Crippen molar-refractivity contribution in [3.8, 4) is 5.75 Å². The van der Waals surface area contributed by atoms with E-state index in [1.54, 1.807) is 17.4 Å². The second kappa shape index (κ2) is 8.86. The highest BCUT2D eigenvalue weighted by Gasteiger charge is 2.38. The van der Waals surface area contributed by atoms with Crippen molar-refractivity contribution in [2.45, 2.75) is 50.6 Å². The number of thiophene rings is 1. The fraction of sp³-hybridized carbons (Fsp3) is 0.400. The standard InChI is InChI=1S/C20H21F3N2O3S/c21-20(22,23)28-16-6-2-1-4-14(16)13-24-17(26)7-9-19(10-8-18(27)25-19)12-15-5-3-11-29-15/h1-6,11H,7-10,12-13H2,(H,24,26)(H,25,27)/t19-/m1/s1. The van der Waals surface area contributed by atoms with Gasteiger partial charge in [0.25, 0.3) is 0 Å². The van der Waals surface area contributed by atoms with Crippen molar-refractivity contribution in [3.05, 3.63) is 52.2 Å². The number of halogens is 3. The molecule has 2 amide bonds. The van der Waals surface area contributed by atoms with Crippen LogP contribution in [0.3, 0.4) is 0 Å². The van der Waals surface area contributed by atoms with Crippen molar-refractivity contribution >= 4 is 23.2 Å². The van der Waals surface area contributed by atoms with E-state index in [1.807, 2.05) is 17.5 Å². The average Bonchev–Trinajstić information content (AvgIpc) is 3.28. The SMILES string of the molecule is O=C(CC[C@]1(Cc2cccs2)CCC(=O)N1)NCc1ccccc1OC(F)(F)F. The molecule has 0 radical (unpaired) electrons. The second-order valence-corrected chi connectivity index (χ2v) is 8.05. The maximum absolute atomic E-state index is 12.5. The lowest BCUT2D eigenvalue weighted by Crippen LogP contribution is -2.44. The minimum atomic E-state index is -4.80.